The molecule has 0 saturated carbocycles. The lowest BCUT2D eigenvalue weighted by molar-refractivity contribution is -0.0198. The topological polar surface area (TPSA) is 105 Å². The Morgan fingerprint density at radius 2 is 1.32 bits per heavy atom. The fourth-order valence-corrected chi connectivity index (χ4v) is 1.72. The summed E-state index contributed by atoms with van der Waals surface area (Å²) in [6, 6.07) is 0. The van der Waals surface area contributed by atoms with Crippen LogP contribution in [0.2, 0.25) is 0 Å². The van der Waals surface area contributed by atoms with Crippen LogP contribution in [0.4, 0.5) is 0 Å². The third kappa shape index (κ3) is 15.7. The Kier molecular flexibility index (Phi) is 8.70. The van der Waals surface area contributed by atoms with Crippen molar-refractivity contribution in [3.05, 3.63) is 0 Å². The van der Waals surface area contributed by atoms with Crippen LogP contribution in [0.25, 0.3) is 0 Å². The van der Waals surface area contributed by atoms with Crippen LogP contribution in [0, 0.1) is 0 Å². The van der Waals surface area contributed by atoms with Crippen molar-refractivity contribution in [1.82, 2.24) is 0 Å². The number of ether oxygens (including phenoxy) is 2. The van der Waals surface area contributed by atoms with E-state index in [-0.39, 0.29) is 39.1 Å². The van der Waals surface area contributed by atoms with Crippen LogP contribution >= 0.6 is 0 Å². The Bertz CT molecular complexity index is 427. The molecule has 1 atom stereocenters. The van der Waals surface area contributed by atoms with Crippen molar-refractivity contribution in [1.29, 1.82) is 0 Å². The van der Waals surface area contributed by atoms with E-state index in [0.717, 1.165) is 12.5 Å². The molecule has 0 spiro atoms. The molecule has 0 bridgehead atoms. The molecular weight excluding hydrogens is 300 g/mol. The van der Waals surface area contributed by atoms with Gasteiger partial charge in [0.05, 0.1) is 51.6 Å². The molecular formula is C9H20O8S2. The van der Waals surface area contributed by atoms with Crippen LogP contribution < -0.4 is 0 Å². The minimum absolute atomic E-state index is 0.0528. The molecule has 0 aromatic rings. The van der Waals surface area contributed by atoms with Crippen LogP contribution in [0.15, 0.2) is 0 Å². The van der Waals surface area contributed by atoms with Gasteiger partial charge in [0.15, 0.2) is 0 Å². The summed E-state index contributed by atoms with van der Waals surface area (Å²) in [6.45, 7) is 2.12. The van der Waals surface area contributed by atoms with Crippen LogP contribution in [-0.4, -0.2) is 68.5 Å². The molecule has 0 rings (SSSR count). The van der Waals surface area contributed by atoms with E-state index in [4.69, 9.17) is 9.47 Å². The zero-order valence-corrected chi connectivity index (χ0v) is 12.8. The fourth-order valence-electron chi connectivity index (χ4n) is 0.976. The number of hydrogen-bond donors (Lipinski definition) is 0. The predicted octanol–water partition coefficient (Wildman–Crippen LogP) is -0.639. The van der Waals surface area contributed by atoms with Crippen molar-refractivity contribution < 1.29 is 34.7 Å². The minimum Gasteiger partial charge on any atom is -0.376 e. The van der Waals surface area contributed by atoms with Gasteiger partial charge in [0.2, 0.25) is 0 Å². The summed E-state index contributed by atoms with van der Waals surface area (Å²) in [4.78, 5) is 0. The Morgan fingerprint density at radius 1 is 0.842 bits per heavy atom. The van der Waals surface area contributed by atoms with Gasteiger partial charge in [0, 0.05) is 0 Å². The van der Waals surface area contributed by atoms with E-state index in [0.29, 0.717) is 0 Å². The van der Waals surface area contributed by atoms with Crippen molar-refractivity contribution in [3.8, 4) is 0 Å². The van der Waals surface area contributed by atoms with Crippen molar-refractivity contribution in [2.75, 3.05) is 45.5 Å². The maximum absolute atomic E-state index is 10.6. The monoisotopic (exact) mass is 320 g/mol. The molecule has 0 radical (unpaired) electrons. The molecule has 19 heavy (non-hydrogen) atoms. The van der Waals surface area contributed by atoms with E-state index < -0.39 is 20.2 Å². The first-order valence-corrected chi connectivity index (χ1v) is 9.11. The van der Waals surface area contributed by atoms with E-state index in [2.05, 4.69) is 8.37 Å². The molecule has 0 aliphatic heterocycles. The lowest BCUT2D eigenvalue weighted by Crippen LogP contribution is -2.21. The molecule has 0 aliphatic rings. The maximum Gasteiger partial charge on any atom is 0.264 e. The summed E-state index contributed by atoms with van der Waals surface area (Å²) >= 11 is 0. The average molecular weight is 320 g/mol. The van der Waals surface area contributed by atoms with Gasteiger partial charge in [-0.1, -0.05) is 0 Å². The molecule has 0 N–H and O–H groups in total. The normalized spacial score (nSPS) is 14.5. The third-order valence-corrected chi connectivity index (χ3v) is 2.85. The second-order valence-corrected chi connectivity index (χ2v) is 7.10. The molecule has 10 heteroatoms. The quantitative estimate of drug-likeness (QED) is 0.366. The van der Waals surface area contributed by atoms with Crippen LogP contribution in [0.5, 0.6) is 0 Å². The highest BCUT2D eigenvalue weighted by atomic mass is 32.2. The van der Waals surface area contributed by atoms with Crippen molar-refractivity contribution >= 4 is 20.2 Å². The third-order valence-electron chi connectivity index (χ3n) is 1.66. The molecule has 0 fully saturated rings. The summed E-state index contributed by atoms with van der Waals surface area (Å²) in [6.07, 6.45) is 1.66. The largest absolute Gasteiger partial charge is 0.376 e. The van der Waals surface area contributed by atoms with Crippen molar-refractivity contribution in [2.24, 2.45) is 0 Å². The molecule has 0 saturated heterocycles. The van der Waals surface area contributed by atoms with Gasteiger partial charge in [-0.2, -0.15) is 16.8 Å². The van der Waals surface area contributed by atoms with Crippen LogP contribution in [0.3, 0.4) is 0 Å². The smallest absolute Gasteiger partial charge is 0.264 e. The van der Waals surface area contributed by atoms with Gasteiger partial charge in [0.25, 0.3) is 20.2 Å². The zero-order chi connectivity index (χ0) is 14.9. The molecule has 0 aromatic carbocycles. The Balaban J connectivity index is 3.47. The summed E-state index contributed by atoms with van der Waals surface area (Å²) in [5.74, 6) is 0. The lowest BCUT2D eigenvalue weighted by Gasteiger charge is -2.13. The minimum atomic E-state index is -3.45. The van der Waals surface area contributed by atoms with E-state index in [1.54, 1.807) is 6.92 Å². The van der Waals surface area contributed by atoms with Crippen molar-refractivity contribution in [2.45, 2.75) is 13.0 Å². The summed E-state index contributed by atoms with van der Waals surface area (Å²) in [5, 5.41) is 0. The van der Waals surface area contributed by atoms with Gasteiger partial charge in [-0.15, -0.1) is 0 Å². The molecule has 116 valence electrons. The molecule has 8 nitrogen and oxygen atoms in total. The van der Waals surface area contributed by atoms with Gasteiger partial charge in [-0.3, -0.25) is 8.37 Å². The Labute approximate surface area is 114 Å². The molecule has 0 aliphatic carbocycles. The summed E-state index contributed by atoms with van der Waals surface area (Å²) in [5.41, 5.74) is 0. The number of rotatable bonds is 11. The summed E-state index contributed by atoms with van der Waals surface area (Å²) in [7, 11) is -6.89. The van der Waals surface area contributed by atoms with Crippen LogP contribution in [-0.2, 0) is 38.1 Å². The highest BCUT2D eigenvalue weighted by Crippen LogP contribution is 1.95. The predicted molar refractivity (Wildman–Crippen MR) is 67.8 cm³/mol. The SMILES string of the molecule is CC(COCCOS(C)(=O)=O)OCCOS(C)(=O)=O. The molecule has 0 amide bonds. The maximum atomic E-state index is 10.6. The van der Waals surface area contributed by atoms with Crippen molar-refractivity contribution in [3.63, 3.8) is 0 Å². The van der Waals surface area contributed by atoms with E-state index >= 15 is 0 Å². The van der Waals surface area contributed by atoms with Gasteiger partial charge in [-0.25, -0.2) is 0 Å². The second kappa shape index (κ2) is 8.82. The second-order valence-electron chi connectivity index (χ2n) is 3.81. The standard InChI is InChI=1S/C9H20O8S2/c1-9(15-5-7-17-19(3,12)13)8-14-4-6-16-18(2,10)11/h9H,4-8H2,1-3H3. The Hall–Kier alpha value is -0.260. The van der Waals surface area contributed by atoms with Gasteiger partial charge in [0.1, 0.15) is 0 Å². The first-order valence-electron chi connectivity index (χ1n) is 5.48. The lowest BCUT2D eigenvalue weighted by atomic mass is 10.4. The Morgan fingerprint density at radius 3 is 1.79 bits per heavy atom. The molecule has 1 unspecified atom stereocenters. The zero-order valence-electron chi connectivity index (χ0n) is 11.2. The average Bonchev–Trinajstić information content (AvgIpc) is 2.21. The van der Waals surface area contributed by atoms with Crippen LogP contribution in [0.1, 0.15) is 6.92 Å². The van der Waals surface area contributed by atoms with Gasteiger partial charge >= 0.3 is 0 Å². The van der Waals surface area contributed by atoms with E-state index in [1.165, 1.54) is 0 Å². The molecule has 0 heterocycles. The van der Waals surface area contributed by atoms with Gasteiger partial charge in [-0.05, 0) is 6.92 Å². The first-order chi connectivity index (χ1) is 8.60. The fraction of sp³-hybridized carbons (Fsp3) is 1.00. The highest BCUT2D eigenvalue weighted by molar-refractivity contribution is 7.86. The van der Waals surface area contributed by atoms with E-state index in [9.17, 15) is 16.8 Å². The van der Waals surface area contributed by atoms with E-state index in [1.807, 2.05) is 0 Å². The highest BCUT2D eigenvalue weighted by Gasteiger charge is 2.06. The first kappa shape index (κ1) is 18.7. The number of hydrogen-bond acceptors (Lipinski definition) is 8. The summed E-state index contributed by atoms with van der Waals surface area (Å²) < 4.78 is 61.8. The van der Waals surface area contributed by atoms with Gasteiger partial charge < -0.3 is 9.47 Å². The molecule has 0 aromatic heterocycles.